The van der Waals surface area contributed by atoms with Crippen LogP contribution in [0.1, 0.15) is 17.0 Å². The average molecular weight is 403 g/mol. The number of hydrogen-bond acceptors (Lipinski definition) is 7. The second kappa shape index (κ2) is 7.59. The molecule has 0 fully saturated rings. The Morgan fingerprint density at radius 3 is 2.63 bits per heavy atom. The van der Waals surface area contributed by atoms with Crippen molar-refractivity contribution in [2.75, 3.05) is 5.43 Å². The number of aryl methyl sites for hydroxylation is 1. The number of rotatable bonds is 5. The highest BCUT2D eigenvalue weighted by Crippen LogP contribution is 2.19. The molecule has 4 aromatic rings. The van der Waals surface area contributed by atoms with Gasteiger partial charge in [0, 0.05) is 17.7 Å². The largest absolute Gasteiger partial charge is 0.317 e. The maximum atomic E-state index is 12.2. The predicted molar refractivity (Wildman–Crippen MR) is 113 cm³/mol. The third-order valence-corrected chi connectivity index (χ3v) is 4.62. The summed E-state index contributed by atoms with van der Waals surface area (Å²) in [5, 5.41) is 19.5. The van der Waals surface area contributed by atoms with E-state index in [1.54, 1.807) is 35.2 Å². The predicted octanol–water partition coefficient (Wildman–Crippen LogP) is 3.08. The van der Waals surface area contributed by atoms with Crippen LogP contribution in [0.5, 0.6) is 0 Å². The second-order valence-corrected chi connectivity index (χ2v) is 6.57. The number of aromatic amines is 1. The van der Waals surface area contributed by atoms with Gasteiger partial charge in [0.25, 0.3) is 11.2 Å². The molecule has 0 aliphatic rings. The van der Waals surface area contributed by atoms with Crippen LogP contribution in [0.3, 0.4) is 0 Å². The molecule has 2 heterocycles. The molecule has 0 aliphatic heterocycles. The molecule has 2 aromatic carbocycles. The summed E-state index contributed by atoms with van der Waals surface area (Å²) in [4.78, 5) is 29.6. The van der Waals surface area contributed by atoms with E-state index in [-0.39, 0.29) is 17.1 Å². The first-order valence-electron chi connectivity index (χ1n) is 9.03. The third-order valence-electron chi connectivity index (χ3n) is 4.62. The highest BCUT2D eigenvalue weighted by atomic mass is 16.6. The van der Waals surface area contributed by atoms with Crippen LogP contribution in [0, 0.1) is 24.0 Å². The molecule has 10 nitrogen and oxygen atoms in total. The van der Waals surface area contributed by atoms with E-state index in [0.29, 0.717) is 16.7 Å². The minimum Gasteiger partial charge on any atom is -0.317 e. The quantitative estimate of drug-likeness (QED) is 0.299. The van der Waals surface area contributed by atoms with E-state index in [1.165, 1.54) is 12.1 Å². The summed E-state index contributed by atoms with van der Waals surface area (Å²) in [6, 6.07) is 13.3. The van der Waals surface area contributed by atoms with Crippen LogP contribution < -0.4 is 11.0 Å². The SMILES string of the molecule is Cc1nn(-c2ccc([N+](=O)[O-])cc2)c(C)c1/C=N\Nc1nc2ccccc2[nH]c1=O. The number of hydrogen-bond donors (Lipinski definition) is 2. The maximum Gasteiger partial charge on any atom is 0.293 e. The van der Waals surface area contributed by atoms with Crippen molar-refractivity contribution in [2.45, 2.75) is 13.8 Å². The van der Waals surface area contributed by atoms with Gasteiger partial charge in [-0.3, -0.25) is 20.3 Å². The molecule has 10 heteroatoms. The fourth-order valence-corrected chi connectivity index (χ4v) is 3.07. The lowest BCUT2D eigenvalue weighted by Crippen LogP contribution is -2.13. The Balaban J connectivity index is 1.59. The van der Waals surface area contributed by atoms with Crippen molar-refractivity contribution in [1.82, 2.24) is 19.7 Å². The van der Waals surface area contributed by atoms with Crippen molar-refractivity contribution in [1.29, 1.82) is 0 Å². The minimum absolute atomic E-state index is 0.0133. The van der Waals surface area contributed by atoms with Gasteiger partial charge in [-0.25, -0.2) is 9.67 Å². The second-order valence-electron chi connectivity index (χ2n) is 6.57. The lowest BCUT2D eigenvalue weighted by atomic mass is 10.2. The summed E-state index contributed by atoms with van der Waals surface area (Å²) in [7, 11) is 0. The van der Waals surface area contributed by atoms with Crippen LogP contribution in [0.4, 0.5) is 11.5 Å². The molecule has 0 radical (unpaired) electrons. The van der Waals surface area contributed by atoms with E-state index in [0.717, 1.165) is 17.0 Å². The summed E-state index contributed by atoms with van der Waals surface area (Å²) in [5.41, 5.74) is 6.59. The van der Waals surface area contributed by atoms with E-state index in [9.17, 15) is 14.9 Å². The molecular weight excluding hydrogens is 386 g/mol. The number of non-ortho nitro benzene ring substituents is 1. The fraction of sp³-hybridized carbons (Fsp3) is 0.100. The number of fused-ring (bicyclic) bond motifs is 1. The Morgan fingerprint density at radius 2 is 1.90 bits per heavy atom. The molecule has 0 unspecified atom stereocenters. The Morgan fingerprint density at radius 1 is 1.17 bits per heavy atom. The summed E-state index contributed by atoms with van der Waals surface area (Å²) in [5.74, 6) is 0.0861. The van der Waals surface area contributed by atoms with Crippen molar-refractivity contribution in [2.24, 2.45) is 5.10 Å². The Labute approximate surface area is 170 Å². The maximum absolute atomic E-state index is 12.2. The first-order valence-corrected chi connectivity index (χ1v) is 9.03. The zero-order chi connectivity index (χ0) is 21.3. The number of para-hydroxylation sites is 2. The van der Waals surface area contributed by atoms with Gasteiger partial charge in [-0.05, 0) is 38.1 Å². The van der Waals surface area contributed by atoms with Crippen LogP contribution in [0.15, 0.2) is 58.4 Å². The number of H-pyrrole nitrogens is 1. The number of hydrazone groups is 1. The molecule has 30 heavy (non-hydrogen) atoms. The summed E-state index contributed by atoms with van der Waals surface area (Å²) in [6.07, 6.45) is 1.57. The van der Waals surface area contributed by atoms with Crippen LogP contribution >= 0.6 is 0 Å². The van der Waals surface area contributed by atoms with Crippen LogP contribution in [-0.2, 0) is 0 Å². The minimum atomic E-state index is -0.447. The van der Waals surface area contributed by atoms with Gasteiger partial charge in [0.2, 0.25) is 5.82 Å². The molecule has 0 atom stereocenters. The molecule has 0 bridgehead atoms. The van der Waals surface area contributed by atoms with E-state index in [4.69, 9.17) is 0 Å². The molecule has 150 valence electrons. The molecule has 0 spiro atoms. The molecule has 0 aliphatic carbocycles. The monoisotopic (exact) mass is 403 g/mol. The Bertz CT molecular complexity index is 1340. The summed E-state index contributed by atoms with van der Waals surface area (Å²) < 4.78 is 1.68. The number of nitro groups is 1. The van der Waals surface area contributed by atoms with Crippen molar-refractivity contribution >= 4 is 28.8 Å². The van der Waals surface area contributed by atoms with E-state index in [2.05, 4.69) is 25.6 Å². The number of nitro benzene ring substituents is 1. The molecule has 2 aromatic heterocycles. The highest BCUT2D eigenvalue weighted by molar-refractivity contribution is 5.83. The van der Waals surface area contributed by atoms with Crippen molar-refractivity contribution in [3.05, 3.63) is 86.0 Å². The first kappa shape index (κ1) is 19.0. The van der Waals surface area contributed by atoms with Gasteiger partial charge in [-0.1, -0.05) is 12.1 Å². The van der Waals surface area contributed by atoms with Crippen molar-refractivity contribution in [3.63, 3.8) is 0 Å². The summed E-state index contributed by atoms with van der Waals surface area (Å²) in [6.45, 7) is 3.70. The van der Waals surface area contributed by atoms with Gasteiger partial charge in [0.1, 0.15) is 0 Å². The molecule has 2 N–H and O–H groups in total. The molecule has 0 amide bonds. The number of aromatic nitrogens is 4. The average Bonchev–Trinajstić information content (AvgIpc) is 3.02. The zero-order valence-corrected chi connectivity index (χ0v) is 16.2. The smallest absolute Gasteiger partial charge is 0.293 e. The normalized spacial score (nSPS) is 11.3. The number of benzene rings is 2. The van der Waals surface area contributed by atoms with Crippen molar-refractivity contribution in [3.8, 4) is 5.69 Å². The van der Waals surface area contributed by atoms with E-state index in [1.807, 2.05) is 26.0 Å². The van der Waals surface area contributed by atoms with Crippen molar-refractivity contribution < 1.29 is 4.92 Å². The lowest BCUT2D eigenvalue weighted by molar-refractivity contribution is -0.384. The lowest BCUT2D eigenvalue weighted by Gasteiger charge is -2.04. The third kappa shape index (κ3) is 3.53. The molecule has 0 saturated heterocycles. The standard InChI is InChI=1S/C20H17N7O3/c1-12-16(13(2)26(25-12)14-7-9-15(10-8-14)27(29)30)11-21-24-19-20(28)23-18-6-4-3-5-17(18)22-19/h3-11H,1-2H3,(H,22,24)(H,23,28)/b21-11-. The molecule has 4 rings (SSSR count). The topological polar surface area (TPSA) is 131 Å². The molecule has 0 saturated carbocycles. The van der Waals surface area contributed by atoms with Gasteiger partial charge in [-0.2, -0.15) is 10.2 Å². The van der Waals surface area contributed by atoms with Gasteiger partial charge in [-0.15, -0.1) is 0 Å². The highest BCUT2D eigenvalue weighted by Gasteiger charge is 2.13. The van der Waals surface area contributed by atoms with Crippen LogP contribution in [0.25, 0.3) is 16.7 Å². The summed E-state index contributed by atoms with van der Waals surface area (Å²) >= 11 is 0. The first-order chi connectivity index (χ1) is 14.4. The Kier molecular flexibility index (Phi) is 4.80. The van der Waals surface area contributed by atoms with E-state index < -0.39 is 4.92 Å². The molecular formula is C20H17N7O3. The Hall–Kier alpha value is -4.34. The van der Waals surface area contributed by atoms with Gasteiger partial charge in [0.05, 0.1) is 39.2 Å². The van der Waals surface area contributed by atoms with Gasteiger partial charge < -0.3 is 4.98 Å². The number of nitrogens with one attached hydrogen (secondary N) is 2. The van der Waals surface area contributed by atoms with Crippen LogP contribution in [-0.4, -0.2) is 30.9 Å². The number of nitrogens with zero attached hydrogens (tertiary/aromatic N) is 5. The van der Waals surface area contributed by atoms with Crippen LogP contribution in [0.2, 0.25) is 0 Å². The number of anilines is 1. The van der Waals surface area contributed by atoms with Gasteiger partial charge >= 0.3 is 0 Å². The zero-order valence-electron chi connectivity index (χ0n) is 16.2. The van der Waals surface area contributed by atoms with Gasteiger partial charge in [0.15, 0.2) is 0 Å². The van der Waals surface area contributed by atoms with E-state index >= 15 is 0 Å². The fourth-order valence-electron chi connectivity index (χ4n) is 3.07.